The predicted molar refractivity (Wildman–Crippen MR) is 109 cm³/mol. The number of benzene rings is 1. The number of aryl methyl sites for hydroxylation is 1. The molecule has 0 amide bonds. The maximum atomic E-state index is 7.06. The molecule has 0 unspecified atom stereocenters. The molecule has 138 valence electrons. The molecule has 0 fully saturated rings. The van der Waals surface area contributed by atoms with Crippen LogP contribution in [0.15, 0.2) is 18.2 Å². The zero-order valence-corrected chi connectivity index (χ0v) is 16.8. The number of hydrogen-bond acceptors (Lipinski definition) is 1. The molecule has 0 bridgehead atoms. The summed E-state index contributed by atoms with van der Waals surface area (Å²) >= 11 is 0. The highest BCUT2D eigenvalue weighted by Gasteiger charge is 2.29. The van der Waals surface area contributed by atoms with Gasteiger partial charge < -0.3 is 5.73 Å². The quantitative estimate of drug-likeness (QED) is 0.417. The maximum Gasteiger partial charge on any atom is 0.0412 e. The second-order valence-corrected chi connectivity index (χ2v) is 7.51. The molecule has 0 radical (unpaired) electrons. The van der Waals surface area contributed by atoms with E-state index in [1.807, 2.05) is 0 Å². The first-order valence-electron chi connectivity index (χ1n) is 10.5. The van der Waals surface area contributed by atoms with E-state index in [1.165, 1.54) is 69.8 Å². The molecule has 0 aliphatic heterocycles. The van der Waals surface area contributed by atoms with Crippen molar-refractivity contribution in [3.8, 4) is 0 Å². The van der Waals surface area contributed by atoms with Crippen LogP contribution in [-0.4, -0.2) is 0 Å². The second-order valence-electron chi connectivity index (χ2n) is 7.51. The molecule has 1 nitrogen and oxygen atoms in total. The number of nitrogens with two attached hydrogens (primary N) is 1. The van der Waals surface area contributed by atoms with E-state index in [4.69, 9.17) is 5.73 Å². The zero-order valence-electron chi connectivity index (χ0n) is 16.8. The van der Waals surface area contributed by atoms with Crippen molar-refractivity contribution in [1.29, 1.82) is 0 Å². The third-order valence-electron chi connectivity index (χ3n) is 5.34. The highest BCUT2D eigenvalue weighted by molar-refractivity contribution is 5.40. The van der Waals surface area contributed by atoms with Gasteiger partial charge in [-0.25, -0.2) is 0 Å². The molecule has 2 N–H and O–H groups in total. The molecule has 0 aliphatic carbocycles. The van der Waals surface area contributed by atoms with Crippen LogP contribution in [0.25, 0.3) is 0 Å². The summed E-state index contributed by atoms with van der Waals surface area (Å²) < 4.78 is 0. The Labute approximate surface area is 151 Å². The van der Waals surface area contributed by atoms with Crippen LogP contribution in [0.4, 0.5) is 0 Å². The van der Waals surface area contributed by atoms with Crippen molar-refractivity contribution in [1.82, 2.24) is 0 Å². The first-order valence-corrected chi connectivity index (χ1v) is 10.5. The van der Waals surface area contributed by atoms with Crippen LogP contribution in [0.2, 0.25) is 0 Å². The van der Waals surface area contributed by atoms with Gasteiger partial charge in [0.2, 0.25) is 0 Å². The summed E-state index contributed by atoms with van der Waals surface area (Å²) in [6.45, 7) is 9.12. The molecule has 1 aromatic carbocycles. The molecule has 0 aromatic heterocycles. The lowest BCUT2D eigenvalue weighted by molar-refractivity contribution is 0.350. The first-order chi connectivity index (χ1) is 11.6. The molecule has 24 heavy (non-hydrogen) atoms. The van der Waals surface area contributed by atoms with Crippen molar-refractivity contribution in [2.45, 2.75) is 110 Å². The minimum absolute atomic E-state index is 0.128. The summed E-state index contributed by atoms with van der Waals surface area (Å²) in [5.41, 5.74) is 11.5. The number of hydrogen-bond donors (Lipinski definition) is 1. The van der Waals surface area contributed by atoms with E-state index < -0.39 is 0 Å². The maximum absolute atomic E-state index is 7.06. The highest BCUT2D eigenvalue weighted by Crippen LogP contribution is 2.35. The number of unbranched alkanes of at least 4 members (excludes halogenated alkanes) is 4. The Balaban J connectivity index is 3.22. The third-order valence-corrected chi connectivity index (χ3v) is 5.34. The number of rotatable bonds is 13. The van der Waals surface area contributed by atoms with Gasteiger partial charge in [0.15, 0.2) is 0 Å². The fourth-order valence-corrected chi connectivity index (χ4v) is 3.73. The lowest BCUT2D eigenvalue weighted by Gasteiger charge is -2.33. The van der Waals surface area contributed by atoms with Crippen LogP contribution in [0.5, 0.6) is 0 Å². The summed E-state index contributed by atoms with van der Waals surface area (Å²) in [6.07, 6.45) is 14.6. The van der Waals surface area contributed by atoms with Crippen LogP contribution < -0.4 is 5.73 Å². The fourth-order valence-electron chi connectivity index (χ4n) is 3.73. The van der Waals surface area contributed by atoms with E-state index >= 15 is 0 Å². The molecule has 0 spiro atoms. The Morgan fingerprint density at radius 3 is 1.83 bits per heavy atom. The Morgan fingerprint density at radius 2 is 1.29 bits per heavy atom. The van der Waals surface area contributed by atoms with Crippen molar-refractivity contribution in [2.24, 2.45) is 5.73 Å². The van der Waals surface area contributed by atoms with Gasteiger partial charge in [-0.3, -0.25) is 0 Å². The molecule has 1 heteroatoms. The molecule has 0 saturated carbocycles. The van der Waals surface area contributed by atoms with Gasteiger partial charge >= 0.3 is 0 Å². The van der Waals surface area contributed by atoms with Gasteiger partial charge in [-0.15, -0.1) is 0 Å². The third kappa shape index (κ3) is 6.24. The minimum atomic E-state index is -0.128. The SMILES string of the molecule is CCCCc1cccc(C(N)(CCCC)CCCC)c1CCCC. The summed E-state index contributed by atoms with van der Waals surface area (Å²) in [7, 11) is 0. The van der Waals surface area contributed by atoms with Crippen molar-refractivity contribution < 1.29 is 0 Å². The summed E-state index contributed by atoms with van der Waals surface area (Å²) in [6, 6.07) is 6.95. The minimum Gasteiger partial charge on any atom is -0.321 e. The van der Waals surface area contributed by atoms with E-state index in [2.05, 4.69) is 45.9 Å². The molecular formula is C23H41N. The van der Waals surface area contributed by atoms with Crippen molar-refractivity contribution in [2.75, 3.05) is 0 Å². The van der Waals surface area contributed by atoms with Crippen molar-refractivity contribution in [3.05, 3.63) is 34.9 Å². The Hall–Kier alpha value is -0.820. The van der Waals surface area contributed by atoms with E-state index in [0.717, 1.165) is 12.8 Å². The molecule has 0 heterocycles. The van der Waals surface area contributed by atoms with Crippen LogP contribution in [0.3, 0.4) is 0 Å². The Bertz CT molecular complexity index is 441. The van der Waals surface area contributed by atoms with Crippen molar-refractivity contribution in [3.63, 3.8) is 0 Å². The van der Waals surface area contributed by atoms with Gasteiger partial charge in [-0.05, 0) is 55.2 Å². The largest absolute Gasteiger partial charge is 0.321 e. The van der Waals surface area contributed by atoms with Gasteiger partial charge in [0, 0.05) is 5.54 Å². The van der Waals surface area contributed by atoms with Crippen LogP contribution >= 0.6 is 0 Å². The monoisotopic (exact) mass is 331 g/mol. The van der Waals surface area contributed by atoms with Crippen LogP contribution in [0.1, 0.15) is 109 Å². The Morgan fingerprint density at radius 1 is 0.750 bits per heavy atom. The molecular weight excluding hydrogens is 290 g/mol. The lowest BCUT2D eigenvalue weighted by atomic mass is 9.77. The van der Waals surface area contributed by atoms with Gasteiger partial charge in [-0.1, -0.05) is 84.4 Å². The molecule has 0 aliphatic rings. The topological polar surface area (TPSA) is 26.0 Å². The average molecular weight is 332 g/mol. The fraction of sp³-hybridized carbons (Fsp3) is 0.739. The highest BCUT2D eigenvalue weighted by atomic mass is 14.7. The van der Waals surface area contributed by atoms with Crippen molar-refractivity contribution >= 4 is 0 Å². The standard InChI is InChI=1S/C23H41N/c1-5-9-14-20-15-13-17-22(21(20)16-10-6-2)23(24,18-11-7-3)19-12-8-4/h13,15,17H,5-12,14,16,18-19,24H2,1-4H3. The first kappa shape index (κ1) is 21.2. The molecule has 1 aromatic rings. The van der Waals surface area contributed by atoms with Gasteiger partial charge in [0.1, 0.15) is 0 Å². The smallest absolute Gasteiger partial charge is 0.0412 e. The van der Waals surface area contributed by atoms with E-state index in [-0.39, 0.29) is 5.54 Å². The summed E-state index contributed by atoms with van der Waals surface area (Å²) in [5.74, 6) is 0. The lowest BCUT2D eigenvalue weighted by Crippen LogP contribution is -2.38. The normalized spacial score (nSPS) is 11.9. The summed E-state index contributed by atoms with van der Waals surface area (Å²) in [4.78, 5) is 0. The molecule has 0 saturated heterocycles. The van der Waals surface area contributed by atoms with E-state index in [0.29, 0.717) is 0 Å². The Kier molecular flexibility index (Phi) is 10.3. The van der Waals surface area contributed by atoms with E-state index in [1.54, 1.807) is 11.1 Å². The van der Waals surface area contributed by atoms with Crippen LogP contribution in [-0.2, 0) is 18.4 Å². The summed E-state index contributed by atoms with van der Waals surface area (Å²) in [5, 5.41) is 0. The zero-order chi connectivity index (χ0) is 17.8. The molecule has 1 rings (SSSR count). The predicted octanol–water partition coefficient (Wildman–Crippen LogP) is 6.91. The van der Waals surface area contributed by atoms with E-state index in [9.17, 15) is 0 Å². The van der Waals surface area contributed by atoms with Gasteiger partial charge in [0.25, 0.3) is 0 Å². The average Bonchev–Trinajstić information content (AvgIpc) is 2.61. The van der Waals surface area contributed by atoms with Crippen LogP contribution in [0, 0.1) is 0 Å². The van der Waals surface area contributed by atoms with Gasteiger partial charge in [0.05, 0.1) is 0 Å². The second kappa shape index (κ2) is 11.7. The molecule has 0 atom stereocenters. The van der Waals surface area contributed by atoms with Gasteiger partial charge in [-0.2, -0.15) is 0 Å².